The molecule has 0 saturated carbocycles. The number of hydrogen-bond donors (Lipinski definition) is 1. The van der Waals surface area contributed by atoms with Crippen molar-refractivity contribution in [2.75, 3.05) is 18.9 Å². The topological polar surface area (TPSA) is 21.3 Å². The van der Waals surface area contributed by atoms with Crippen LogP contribution in [0, 0.1) is 0 Å². The Morgan fingerprint density at radius 3 is 2.27 bits per heavy atom. The summed E-state index contributed by atoms with van der Waals surface area (Å²) >= 11 is 7.16. The standard InChI is InChI=1S/C18H35NOS2/c1-2-3-4-5-6-7-8-9-10-11-15-22-18(21)19-16-17-13-12-14-20-17/h17H,2-16H2,1H3,(H,19,21)/t17-/m0/s1. The Bertz CT molecular complexity index is 268. The van der Waals surface area contributed by atoms with Gasteiger partial charge in [0.1, 0.15) is 4.32 Å². The summed E-state index contributed by atoms with van der Waals surface area (Å²) < 4.78 is 6.53. The molecule has 0 aromatic heterocycles. The highest BCUT2D eigenvalue weighted by molar-refractivity contribution is 8.22. The third kappa shape index (κ3) is 11.7. The second kappa shape index (κ2) is 14.8. The van der Waals surface area contributed by atoms with E-state index in [1.807, 2.05) is 0 Å². The summed E-state index contributed by atoms with van der Waals surface area (Å²) in [4.78, 5) is 0. The molecule has 0 spiro atoms. The Labute approximate surface area is 147 Å². The van der Waals surface area contributed by atoms with Crippen molar-refractivity contribution in [1.29, 1.82) is 0 Å². The Hall–Kier alpha value is 0.200. The number of nitrogens with one attached hydrogen (secondary N) is 1. The molecule has 1 rings (SSSR count). The van der Waals surface area contributed by atoms with Gasteiger partial charge in [-0.3, -0.25) is 0 Å². The molecule has 1 fully saturated rings. The molecule has 1 aliphatic rings. The van der Waals surface area contributed by atoms with Crippen LogP contribution < -0.4 is 5.32 Å². The molecule has 22 heavy (non-hydrogen) atoms. The third-order valence-electron chi connectivity index (χ3n) is 4.23. The van der Waals surface area contributed by atoms with Crippen LogP contribution in [-0.4, -0.2) is 29.3 Å². The predicted molar refractivity (Wildman–Crippen MR) is 104 cm³/mol. The Morgan fingerprint density at radius 1 is 1.05 bits per heavy atom. The molecule has 0 aliphatic carbocycles. The normalized spacial score (nSPS) is 17.8. The largest absolute Gasteiger partial charge is 0.376 e. The summed E-state index contributed by atoms with van der Waals surface area (Å²) in [6, 6.07) is 0. The quantitative estimate of drug-likeness (QED) is 0.341. The van der Waals surface area contributed by atoms with Crippen LogP contribution in [0.2, 0.25) is 0 Å². The van der Waals surface area contributed by atoms with E-state index in [1.54, 1.807) is 11.8 Å². The van der Waals surface area contributed by atoms with Crippen molar-refractivity contribution in [3.63, 3.8) is 0 Å². The minimum atomic E-state index is 0.385. The van der Waals surface area contributed by atoms with Gasteiger partial charge in [0.25, 0.3) is 0 Å². The molecule has 0 unspecified atom stereocenters. The molecule has 0 bridgehead atoms. The molecular weight excluding hydrogens is 310 g/mol. The summed E-state index contributed by atoms with van der Waals surface area (Å²) in [7, 11) is 0. The maximum Gasteiger partial charge on any atom is 0.133 e. The van der Waals surface area contributed by atoms with Gasteiger partial charge in [-0.1, -0.05) is 88.7 Å². The lowest BCUT2D eigenvalue weighted by molar-refractivity contribution is 0.114. The van der Waals surface area contributed by atoms with Crippen LogP contribution in [0.4, 0.5) is 0 Å². The van der Waals surface area contributed by atoms with Gasteiger partial charge in [-0.05, 0) is 19.3 Å². The van der Waals surface area contributed by atoms with Crippen molar-refractivity contribution in [3.05, 3.63) is 0 Å². The van der Waals surface area contributed by atoms with E-state index in [-0.39, 0.29) is 0 Å². The van der Waals surface area contributed by atoms with Crippen molar-refractivity contribution in [3.8, 4) is 0 Å². The summed E-state index contributed by atoms with van der Waals surface area (Å²) in [5.74, 6) is 1.16. The van der Waals surface area contributed by atoms with Gasteiger partial charge in [0, 0.05) is 18.9 Å². The SMILES string of the molecule is CCCCCCCCCCCCSC(=S)NC[C@@H]1CCCO1. The number of thiocarbonyl (C=S) groups is 1. The lowest BCUT2D eigenvalue weighted by atomic mass is 10.1. The van der Waals surface area contributed by atoms with Gasteiger partial charge < -0.3 is 10.1 Å². The zero-order chi connectivity index (χ0) is 15.9. The van der Waals surface area contributed by atoms with E-state index >= 15 is 0 Å². The van der Waals surface area contributed by atoms with E-state index in [0.29, 0.717) is 6.10 Å². The van der Waals surface area contributed by atoms with E-state index in [2.05, 4.69) is 12.2 Å². The molecule has 0 amide bonds. The molecule has 1 aliphatic heterocycles. The average Bonchev–Trinajstić information content (AvgIpc) is 3.04. The van der Waals surface area contributed by atoms with Crippen molar-refractivity contribution in [2.24, 2.45) is 0 Å². The summed E-state index contributed by atoms with van der Waals surface area (Å²) in [5.41, 5.74) is 0. The summed E-state index contributed by atoms with van der Waals surface area (Å²) in [5, 5.41) is 3.33. The van der Waals surface area contributed by atoms with Crippen LogP contribution in [0.5, 0.6) is 0 Å². The molecule has 1 saturated heterocycles. The second-order valence-corrected chi connectivity index (χ2v) is 8.11. The number of rotatable bonds is 13. The fourth-order valence-corrected chi connectivity index (χ4v) is 3.86. The highest BCUT2D eigenvalue weighted by Gasteiger charge is 2.15. The molecule has 130 valence electrons. The van der Waals surface area contributed by atoms with Gasteiger partial charge in [-0.25, -0.2) is 0 Å². The summed E-state index contributed by atoms with van der Waals surface area (Å²) in [6.07, 6.45) is 16.7. The number of thioether (sulfide) groups is 1. The second-order valence-electron chi connectivity index (χ2n) is 6.33. The Balaban J connectivity index is 1.76. The number of hydrogen-bond acceptors (Lipinski definition) is 3. The van der Waals surface area contributed by atoms with Crippen molar-refractivity contribution in [2.45, 2.75) is 90.1 Å². The Kier molecular flexibility index (Phi) is 13.6. The minimum absolute atomic E-state index is 0.385. The fraction of sp³-hybridized carbons (Fsp3) is 0.944. The molecular formula is C18H35NOS2. The molecule has 1 heterocycles. The minimum Gasteiger partial charge on any atom is -0.376 e. The molecule has 0 aromatic carbocycles. The molecule has 2 nitrogen and oxygen atoms in total. The van der Waals surface area contributed by atoms with Gasteiger partial charge in [0.15, 0.2) is 0 Å². The molecule has 0 radical (unpaired) electrons. The highest BCUT2D eigenvalue weighted by atomic mass is 32.2. The lowest BCUT2D eigenvalue weighted by Crippen LogP contribution is -2.29. The molecule has 1 atom stereocenters. The number of ether oxygens (including phenoxy) is 1. The van der Waals surface area contributed by atoms with Crippen LogP contribution in [0.3, 0.4) is 0 Å². The number of unbranched alkanes of at least 4 members (excludes halogenated alkanes) is 9. The first-order chi connectivity index (χ1) is 10.8. The third-order valence-corrected chi connectivity index (χ3v) is 5.63. The van der Waals surface area contributed by atoms with Gasteiger partial charge in [-0.2, -0.15) is 0 Å². The van der Waals surface area contributed by atoms with Gasteiger partial charge in [0.05, 0.1) is 6.10 Å². The first-order valence-corrected chi connectivity index (χ1v) is 10.7. The fourth-order valence-electron chi connectivity index (χ4n) is 2.81. The first kappa shape index (κ1) is 20.2. The highest BCUT2D eigenvalue weighted by Crippen LogP contribution is 2.14. The zero-order valence-corrected chi connectivity index (χ0v) is 16.0. The van der Waals surface area contributed by atoms with Crippen LogP contribution >= 0.6 is 24.0 Å². The summed E-state index contributed by atoms with van der Waals surface area (Å²) in [6.45, 7) is 4.09. The predicted octanol–water partition coefficient (Wildman–Crippen LogP) is 5.69. The van der Waals surface area contributed by atoms with E-state index < -0.39 is 0 Å². The van der Waals surface area contributed by atoms with E-state index in [1.165, 1.54) is 77.0 Å². The average molecular weight is 346 g/mol. The van der Waals surface area contributed by atoms with Crippen molar-refractivity contribution < 1.29 is 4.74 Å². The maximum atomic E-state index is 5.58. The van der Waals surface area contributed by atoms with Crippen LogP contribution in [0.1, 0.15) is 84.0 Å². The van der Waals surface area contributed by atoms with E-state index in [4.69, 9.17) is 17.0 Å². The smallest absolute Gasteiger partial charge is 0.133 e. The van der Waals surface area contributed by atoms with Crippen molar-refractivity contribution in [1.82, 2.24) is 5.32 Å². The van der Waals surface area contributed by atoms with Crippen LogP contribution in [-0.2, 0) is 4.74 Å². The Morgan fingerprint density at radius 2 is 1.68 bits per heavy atom. The van der Waals surface area contributed by atoms with Gasteiger partial charge >= 0.3 is 0 Å². The van der Waals surface area contributed by atoms with Crippen LogP contribution in [0.25, 0.3) is 0 Å². The van der Waals surface area contributed by atoms with Crippen LogP contribution in [0.15, 0.2) is 0 Å². The maximum absolute atomic E-state index is 5.58. The monoisotopic (exact) mass is 345 g/mol. The molecule has 4 heteroatoms. The lowest BCUT2D eigenvalue weighted by Gasteiger charge is -2.12. The first-order valence-electron chi connectivity index (χ1n) is 9.35. The van der Waals surface area contributed by atoms with E-state index in [9.17, 15) is 0 Å². The zero-order valence-electron chi connectivity index (χ0n) is 14.4. The van der Waals surface area contributed by atoms with Gasteiger partial charge in [-0.15, -0.1) is 0 Å². The van der Waals surface area contributed by atoms with Gasteiger partial charge in [0.2, 0.25) is 0 Å². The molecule has 1 N–H and O–H groups in total. The van der Waals surface area contributed by atoms with Crippen molar-refractivity contribution >= 4 is 28.3 Å². The molecule has 0 aromatic rings. The van der Waals surface area contributed by atoms with E-state index in [0.717, 1.165) is 23.2 Å².